The highest BCUT2D eigenvalue weighted by Gasteiger charge is 2.18. The molecule has 0 spiro atoms. The van der Waals surface area contributed by atoms with Crippen molar-refractivity contribution in [2.45, 2.75) is 30.8 Å². The molecule has 3 rings (SSSR count). The van der Waals surface area contributed by atoms with Crippen molar-refractivity contribution in [3.8, 4) is 11.1 Å². The van der Waals surface area contributed by atoms with Gasteiger partial charge in [-0.3, -0.25) is 9.36 Å². The van der Waals surface area contributed by atoms with Gasteiger partial charge in [-0.25, -0.2) is 4.98 Å². The maximum atomic E-state index is 13.1. The number of hydrogen-bond donors (Lipinski definition) is 0. The van der Waals surface area contributed by atoms with E-state index in [-0.39, 0.29) is 12.1 Å². The zero-order chi connectivity index (χ0) is 18.8. The van der Waals surface area contributed by atoms with Crippen LogP contribution >= 0.6 is 23.1 Å². The minimum Gasteiger partial charge on any atom is -0.549 e. The fraction of sp³-hybridized carbons (Fsp3) is 0.211. The van der Waals surface area contributed by atoms with Crippen molar-refractivity contribution >= 4 is 39.3 Å². The van der Waals surface area contributed by atoms with E-state index in [2.05, 4.69) is 11.6 Å². The van der Waals surface area contributed by atoms with E-state index in [1.807, 2.05) is 36.6 Å². The molecule has 134 valence electrons. The largest absolute Gasteiger partial charge is 0.549 e. The summed E-state index contributed by atoms with van der Waals surface area (Å²) in [5.74, 6) is -1.19. The van der Waals surface area contributed by atoms with Crippen molar-refractivity contribution in [3.05, 3.63) is 58.2 Å². The molecular weight excluding hydrogens is 368 g/mol. The lowest BCUT2D eigenvalue weighted by molar-refractivity contribution is -0.304. The predicted octanol–water partition coefficient (Wildman–Crippen LogP) is 2.85. The van der Waals surface area contributed by atoms with Crippen LogP contribution < -0.4 is 10.7 Å². The average Bonchev–Trinajstić information content (AvgIpc) is 3.03. The quantitative estimate of drug-likeness (QED) is 0.371. The van der Waals surface area contributed by atoms with Gasteiger partial charge in [-0.15, -0.1) is 17.9 Å². The molecule has 0 bridgehead atoms. The van der Waals surface area contributed by atoms with Gasteiger partial charge < -0.3 is 9.90 Å². The summed E-state index contributed by atoms with van der Waals surface area (Å²) in [6.07, 6.45) is 1.60. The van der Waals surface area contributed by atoms with E-state index in [1.165, 1.54) is 22.8 Å². The summed E-state index contributed by atoms with van der Waals surface area (Å²) in [6, 6.07) is 7.96. The summed E-state index contributed by atoms with van der Waals surface area (Å²) in [5, 5.41) is 13.1. The van der Waals surface area contributed by atoms with Crippen LogP contribution in [-0.2, 0) is 11.3 Å². The molecule has 0 aliphatic heterocycles. The first-order chi connectivity index (χ1) is 12.4. The summed E-state index contributed by atoms with van der Waals surface area (Å²) in [5.41, 5.74) is 2.74. The van der Waals surface area contributed by atoms with Crippen LogP contribution in [-0.4, -0.2) is 20.8 Å². The van der Waals surface area contributed by atoms with Gasteiger partial charge in [0.05, 0.1) is 11.4 Å². The van der Waals surface area contributed by atoms with Crippen LogP contribution in [0.4, 0.5) is 0 Å². The normalized spacial score (nSPS) is 12.2. The molecule has 0 saturated carbocycles. The summed E-state index contributed by atoms with van der Waals surface area (Å²) < 4.78 is 1.46. The van der Waals surface area contributed by atoms with Gasteiger partial charge >= 0.3 is 0 Å². The third kappa shape index (κ3) is 3.45. The molecule has 0 amide bonds. The Morgan fingerprint density at radius 2 is 2.12 bits per heavy atom. The standard InChI is InChI=1S/C19H18N2O3S2/c1-4-9-21-17(22)15-14(13-7-5-11(2)6-8-13)10-25-16(15)20-19(21)26-12(3)18(23)24/h4-8,10,12H,1,9H2,2-3H3,(H,23,24)/p-1/t12-/m0/s1. The number of carboxylic acid groups (broad SMARTS) is 1. The summed E-state index contributed by atoms with van der Waals surface area (Å²) >= 11 is 2.38. The fourth-order valence-corrected chi connectivity index (χ4v) is 4.37. The molecule has 0 aliphatic rings. The van der Waals surface area contributed by atoms with Crippen molar-refractivity contribution in [1.82, 2.24) is 9.55 Å². The van der Waals surface area contributed by atoms with Gasteiger partial charge in [0.25, 0.3) is 5.56 Å². The average molecular weight is 385 g/mol. The lowest BCUT2D eigenvalue weighted by Gasteiger charge is -2.15. The van der Waals surface area contributed by atoms with E-state index in [9.17, 15) is 14.7 Å². The predicted molar refractivity (Wildman–Crippen MR) is 105 cm³/mol. The zero-order valence-electron chi connectivity index (χ0n) is 14.4. The number of nitrogens with zero attached hydrogens (tertiary/aromatic N) is 2. The second-order valence-corrected chi connectivity index (χ2v) is 8.04. The molecule has 2 heterocycles. The van der Waals surface area contributed by atoms with E-state index < -0.39 is 11.2 Å². The number of allylic oxidation sites excluding steroid dienone is 1. The van der Waals surface area contributed by atoms with Crippen molar-refractivity contribution in [3.63, 3.8) is 0 Å². The Labute approximate surface area is 159 Å². The molecule has 0 N–H and O–H groups in total. The van der Waals surface area contributed by atoms with Gasteiger partial charge in [-0.2, -0.15) is 0 Å². The number of rotatable bonds is 6. The number of hydrogen-bond acceptors (Lipinski definition) is 6. The molecular formula is C19H17N2O3S2-. The first-order valence-corrected chi connectivity index (χ1v) is 9.75. The van der Waals surface area contributed by atoms with Crippen LogP contribution in [0.1, 0.15) is 12.5 Å². The monoisotopic (exact) mass is 385 g/mol. The third-order valence-corrected chi connectivity index (χ3v) is 5.89. The lowest BCUT2D eigenvalue weighted by Crippen LogP contribution is -2.32. The van der Waals surface area contributed by atoms with Crippen LogP contribution in [0.2, 0.25) is 0 Å². The Kier molecular flexibility index (Phi) is 5.29. The van der Waals surface area contributed by atoms with E-state index in [1.54, 1.807) is 6.08 Å². The van der Waals surface area contributed by atoms with Crippen molar-refractivity contribution in [1.29, 1.82) is 0 Å². The van der Waals surface area contributed by atoms with E-state index in [4.69, 9.17) is 0 Å². The minimum absolute atomic E-state index is 0.195. The maximum Gasteiger partial charge on any atom is 0.263 e. The second kappa shape index (κ2) is 7.47. The number of thioether (sulfide) groups is 1. The Morgan fingerprint density at radius 3 is 2.73 bits per heavy atom. The van der Waals surface area contributed by atoms with Gasteiger partial charge in [-0.05, 0) is 19.4 Å². The van der Waals surface area contributed by atoms with Crippen molar-refractivity contribution < 1.29 is 9.90 Å². The summed E-state index contributed by atoms with van der Waals surface area (Å²) in [6.45, 7) is 7.47. The molecule has 1 atom stereocenters. The SMILES string of the molecule is C=CCn1c(S[C@@H](C)C(=O)[O-])nc2scc(-c3ccc(C)cc3)c2c1=O. The van der Waals surface area contributed by atoms with Gasteiger partial charge in [0.1, 0.15) is 4.83 Å². The molecule has 0 radical (unpaired) electrons. The summed E-state index contributed by atoms with van der Waals surface area (Å²) in [4.78, 5) is 29.3. The Balaban J connectivity index is 2.20. The number of benzene rings is 1. The number of aromatic nitrogens is 2. The van der Waals surface area contributed by atoms with Gasteiger partial charge in [0.15, 0.2) is 5.16 Å². The Morgan fingerprint density at radius 1 is 1.42 bits per heavy atom. The van der Waals surface area contributed by atoms with Crippen LogP contribution in [0.15, 0.2) is 52.3 Å². The first-order valence-electron chi connectivity index (χ1n) is 8.00. The topological polar surface area (TPSA) is 75.0 Å². The molecule has 5 nitrogen and oxygen atoms in total. The summed E-state index contributed by atoms with van der Waals surface area (Å²) in [7, 11) is 0. The molecule has 7 heteroatoms. The zero-order valence-corrected chi connectivity index (χ0v) is 16.0. The van der Waals surface area contributed by atoms with Crippen LogP contribution in [0.25, 0.3) is 21.3 Å². The molecule has 0 saturated heterocycles. The lowest BCUT2D eigenvalue weighted by atomic mass is 10.1. The minimum atomic E-state index is -1.19. The number of carboxylic acids is 1. The van der Waals surface area contributed by atoms with Crippen LogP contribution in [0, 0.1) is 6.92 Å². The van der Waals surface area contributed by atoms with Gasteiger partial charge in [-0.1, -0.05) is 47.7 Å². The second-order valence-electron chi connectivity index (χ2n) is 5.87. The number of thiophene rings is 1. The highest BCUT2D eigenvalue weighted by molar-refractivity contribution is 8.00. The number of carbonyl (C=O) groups excluding carboxylic acids is 1. The van der Waals surface area contributed by atoms with Crippen LogP contribution in [0.5, 0.6) is 0 Å². The number of aliphatic carboxylic acids is 1. The third-order valence-electron chi connectivity index (χ3n) is 3.95. The molecule has 1 aromatic carbocycles. The molecule has 3 aromatic rings. The smallest absolute Gasteiger partial charge is 0.263 e. The highest BCUT2D eigenvalue weighted by Crippen LogP contribution is 2.33. The maximum absolute atomic E-state index is 13.1. The van der Waals surface area contributed by atoms with Crippen molar-refractivity contribution in [2.75, 3.05) is 0 Å². The molecule has 0 fully saturated rings. The van der Waals surface area contributed by atoms with Gasteiger partial charge in [0.2, 0.25) is 0 Å². The number of aryl methyl sites for hydroxylation is 1. The van der Waals surface area contributed by atoms with E-state index in [0.717, 1.165) is 28.5 Å². The first kappa shape index (κ1) is 18.4. The van der Waals surface area contributed by atoms with Crippen LogP contribution in [0.3, 0.4) is 0 Å². The molecule has 0 unspecified atom stereocenters. The molecule has 0 aliphatic carbocycles. The molecule has 26 heavy (non-hydrogen) atoms. The number of carbonyl (C=O) groups is 1. The van der Waals surface area contributed by atoms with Crippen molar-refractivity contribution in [2.24, 2.45) is 0 Å². The molecule has 2 aromatic heterocycles. The van der Waals surface area contributed by atoms with E-state index in [0.29, 0.717) is 15.4 Å². The Bertz CT molecular complexity index is 1040. The fourth-order valence-electron chi connectivity index (χ4n) is 2.54. The van der Waals surface area contributed by atoms with E-state index >= 15 is 0 Å². The van der Waals surface area contributed by atoms with Gasteiger partial charge in [0, 0.05) is 22.7 Å². The highest BCUT2D eigenvalue weighted by atomic mass is 32.2. The number of fused-ring (bicyclic) bond motifs is 1. The Hall–Kier alpha value is -2.38.